The van der Waals surface area contributed by atoms with E-state index in [1.165, 1.54) is 55.9 Å². The van der Waals surface area contributed by atoms with Crippen LogP contribution in [0.5, 0.6) is 0 Å². The van der Waals surface area contributed by atoms with E-state index in [1.54, 1.807) is 0 Å². The van der Waals surface area contributed by atoms with Crippen LogP contribution in [0, 0.1) is 41.5 Å². The summed E-state index contributed by atoms with van der Waals surface area (Å²) in [6.07, 6.45) is 8.82. The molecule has 0 saturated carbocycles. The van der Waals surface area contributed by atoms with E-state index in [0.717, 1.165) is 33.9 Å². The predicted octanol–water partition coefficient (Wildman–Crippen LogP) is 14.8. The fraction of sp³-hybridized carbons (Fsp3) is 0.115. The molecular weight excluding hydrogens is 653 g/mol. The van der Waals surface area contributed by atoms with Gasteiger partial charge in [-0.05, 0) is 136 Å². The molecule has 0 amide bonds. The minimum atomic E-state index is 1.13. The molecule has 2 heteroatoms. The lowest BCUT2D eigenvalue weighted by atomic mass is 10.0. The van der Waals surface area contributed by atoms with Gasteiger partial charge < -0.3 is 9.80 Å². The zero-order chi connectivity index (χ0) is 37.6. The number of benzene rings is 7. The lowest BCUT2D eigenvalue weighted by molar-refractivity contribution is 1.23. The third-order valence-corrected chi connectivity index (χ3v) is 9.98. The first-order valence-corrected chi connectivity index (χ1v) is 18.8. The first-order valence-electron chi connectivity index (χ1n) is 18.8. The quantitative estimate of drug-likeness (QED) is 0.131. The molecule has 0 bridgehead atoms. The normalized spacial score (nSPS) is 11.4. The molecule has 0 fully saturated rings. The van der Waals surface area contributed by atoms with E-state index in [9.17, 15) is 0 Å². The second-order valence-electron chi connectivity index (χ2n) is 14.4. The third kappa shape index (κ3) is 8.30. The molecule has 0 aliphatic heterocycles. The minimum absolute atomic E-state index is 1.13. The molecule has 0 aromatic heterocycles. The number of aryl methyl sites for hydroxylation is 6. The Morgan fingerprint density at radius 2 is 0.630 bits per heavy atom. The summed E-state index contributed by atoms with van der Waals surface area (Å²) in [5.74, 6) is 0. The van der Waals surface area contributed by atoms with Gasteiger partial charge in [0, 0.05) is 34.1 Å². The Kier molecular flexibility index (Phi) is 10.7. The van der Waals surface area contributed by atoms with Crippen molar-refractivity contribution in [2.45, 2.75) is 41.5 Å². The molecule has 0 radical (unpaired) electrons. The zero-order valence-electron chi connectivity index (χ0n) is 32.2. The standard InChI is InChI=1S/C52H48N2/c1-37-11-25-47(26-12-37)53(51-33-15-39(3)35-41(51)5)49-29-19-43(20-30-49)17-23-45-9-7-8-10-46(45)24-18-44-21-31-50(32-22-44)54(48-27-13-38(2)14-28-48)52-34-16-40(4)36-42(52)6/h7-36H,1-6H3/b23-17+,24-18+. The largest absolute Gasteiger partial charge is 0.310 e. The molecule has 0 spiro atoms. The van der Waals surface area contributed by atoms with Crippen molar-refractivity contribution < 1.29 is 0 Å². The molecule has 7 aromatic carbocycles. The van der Waals surface area contributed by atoms with E-state index in [-0.39, 0.29) is 0 Å². The highest BCUT2D eigenvalue weighted by Crippen LogP contribution is 2.38. The van der Waals surface area contributed by atoms with Crippen LogP contribution in [0.4, 0.5) is 34.1 Å². The highest BCUT2D eigenvalue weighted by Gasteiger charge is 2.16. The molecule has 0 heterocycles. The molecule has 0 N–H and O–H groups in total. The summed E-state index contributed by atoms with van der Waals surface area (Å²) in [7, 11) is 0. The van der Waals surface area contributed by atoms with Crippen molar-refractivity contribution in [2.24, 2.45) is 0 Å². The van der Waals surface area contributed by atoms with Gasteiger partial charge in [0.05, 0.1) is 0 Å². The van der Waals surface area contributed by atoms with Gasteiger partial charge in [0.25, 0.3) is 0 Å². The van der Waals surface area contributed by atoms with Crippen LogP contribution >= 0.6 is 0 Å². The smallest absolute Gasteiger partial charge is 0.0490 e. The van der Waals surface area contributed by atoms with E-state index in [1.807, 2.05) is 0 Å². The van der Waals surface area contributed by atoms with E-state index in [4.69, 9.17) is 0 Å². The summed E-state index contributed by atoms with van der Waals surface area (Å²) in [5, 5.41) is 0. The first-order chi connectivity index (χ1) is 26.2. The van der Waals surface area contributed by atoms with Gasteiger partial charge in [-0.2, -0.15) is 0 Å². The Bertz CT molecular complexity index is 2240. The Labute approximate surface area is 322 Å². The number of anilines is 6. The number of hydrogen-bond donors (Lipinski definition) is 0. The van der Waals surface area contributed by atoms with Gasteiger partial charge in [-0.25, -0.2) is 0 Å². The summed E-state index contributed by atoms with van der Waals surface area (Å²) < 4.78 is 0. The van der Waals surface area contributed by atoms with Gasteiger partial charge in [-0.1, -0.05) is 144 Å². The molecule has 0 saturated heterocycles. The van der Waals surface area contributed by atoms with Crippen molar-refractivity contribution in [3.05, 3.63) is 213 Å². The van der Waals surface area contributed by atoms with Crippen LogP contribution in [0.15, 0.2) is 158 Å². The maximum atomic E-state index is 2.35. The number of hydrogen-bond acceptors (Lipinski definition) is 2. The Morgan fingerprint density at radius 1 is 0.315 bits per heavy atom. The van der Waals surface area contributed by atoms with Crippen molar-refractivity contribution in [2.75, 3.05) is 9.80 Å². The molecule has 0 atom stereocenters. The molecule has 0 aliphatic carbocycles. The molecule has 2 nitrogen and oxygen atoms in total. The van der Waals surface area contributed by atoms with Crippen molar-refractivity contribution in [3.8, 4) is 0 Å². The van der Waals surface area contributed by atoms with Crippen molar-refractivity contribution in [1.82, 2.24) is 0 Å². The van der Waals surface area contributed by atoms with Crippen molar-refractivity contribution in [3.63, 3.8) is 0 Å². The molecule has 54 heavy (non-hydrogen) atoms. The van der Waals surface area contributed by atoms with Gasteiger partial charge in [-0.3, -0.25) is 0 Å². The summed E-state index contributed by atoms with van der Waals surface area (Å²) in [6, 6.07) is 57.1. The zero-order valence-corrected chi connectivity index (χ0v) is 32.2. The third-order valence-electron chi connectivity index (χ3n) is 9.98. The maximum absolute atomic E-state index is 2.35. The molecule has 7 aromatic rings. The monoisotopic (exact) mass is 700 g/mol. The SMILES string of the molecule is Cc1ccc(N(c2ccc(/C=C/c3ccccc3/C=C/c3ccc(N(c4ccc(C)cc4)c4ccc(C)cc4C)cc3)cc2)c2ccc(C)cc2C)cc1. The van der Waals surface area contributed by atoms with Gasteiger partial charge in [0.2, 0.25) is 0 Å². The van der Waals surface area contributed by atoms with E-state index in [0.29, 0.717) is 0 Å². The van der Waals surface area contributed by atoms with Crippen molar-refractivity contribution in [1.29, 1.82) is 0 Å². The average Bonchev–Trinajstić information content (AvgIpc) is 3.18. The van der Waals surface area contributed by atoms with E-state index in [2.05, 4.69) is 233 Å². The second-order valence-corrected chi connectivity index (χ2v) is 14.4. The van der Waals surface area contributed by atoms with Gasteiger partial charge >= 0.3 is 0 Å². The minimum Gasteiger partial charge on any atom is -0.310 e. The molecule has 266 valence electrons. The molecule has 0 aliphatic rings. The topological polar surface area (TPSA) is 6.48 Å². The summed E-state index contributed by atoms with van der Waals surface area (Å²) in [6.45, 7) is 12.9. The lowest BCUT2D eigenvalue weighted by Gasteiger charge is -2.27. The Hall–Kier alpha value is -6.38. The van der Waals surface area contributed by atoms with Crippen LogP contribution < -0.4 is 9.80 Å². The van der Waals surface area contributed by atoms with Gasteiger partial charge in [0.1, 0.15) is 0 Å². The Morgan fingerprint density at radius 3 is 0.963 bits per heavy atom. The van der Waals surface area contributed by atoms with Crippen LogP contribution in [0.25, 0.3) is 24.3 Å². The summed E-state index contributed by atoms with van der Waals surface area (Å²) >= 11 is 0. The van der Waals surface area contributed by atoms with Crippen LogP contribution in [0.2, 0.25) is 0 Å². The van der Waals surface area contributed by atoms with Crippen LogP contribution in [0.3, 0.4) is 0 Å². The number of nitrogens with zero attached hydrogens (tertiary/aromatic N) is 2. The average molecular weight is 701 g/mol. The highest BCUT2D eigenvalue weighted by molar-refractivity contribution is 5.83. The lowest BCUT2D eigenvalue weighted by Crippen LogP contribution is -2.11. The van der Waals surface area contributed by atoms with Crippen LogP contribution in [-0.2, 0) is 0 Å². The van der Waals surface area contributed by atoms with Gasteiger partial charge in [-0.15, -0.1) is 0 Å². The summed E-state index contributed by atoms with van der Waals surface area (Å²) in [4.78, 5) is 4.69. The van der Waals surface area contributed by atoms with E-state index < -0.39 is 0 Å². The van der Waals surface area contributed by atoms with Crippen LogP contribution in [0.1, 0.15) is 55.6 Å². The fourth-order valence-electron chi connectivity index (χ4n) is 7.01. The fourth-order valence-corrected chi connectivity index (χ4v) is 7.01. The molecule has 0 unspecified atom stereocenters. The first kappa shape index (κ1) is 36.0. The molecule has 7 rings (SSSR count). The van der Waals surface area contributed by atoms with Gasteiger partial charge in [0.15, 0.2) is 0 Å². The van der Waals surface area contributed by atoms with Crippen LogP contribution in [-0.4, -0.2) is 0 Å². The van der Waals surface area contributed by atoms with E-state index >= 15 is 0 Å². The highest BCUT2D eigenvalue weighted by atomic mass is 15.1. The predicted molar refractivity (Wildman–Crippen MR) is 235 cm³/mol. The Balaban J connectivity index is 1.11. The number of rotatable bonds is 10. The maximum Gasteiger partial charge on any atom is 0.0490 e. The second kappa shape index (κ2) is 16.1. The summed E-state index contributed by atoms with van der Waals surface area (Å²) in [5.41, 5.74) is 19.1. The van der Waals surface area contributed by atoms with Crippen molar-refractivity contribution >= 4 is 58.4 Å². The molecular formula is C52H48N2.